The van der Waals surface area contributed by atoms with Gasteiger partial charge in [0.1, 0.15) is 0 Å². The van der Waals surface area contributed by atoms with E-state index in [9.17, 15) is 9.59 Å². The van der Waals surface area contributed by atoms with E-state index in [-0.39, 0.29) is 17.6 Å². The maximum atomic E-state index is 12.1. The summed E-state index contributed by atoms with van der Waals surface area (Å²) in [4.78, 5) is 24.1. The van der Waals surface area contributed by atoms with Gasteiger partial charge in [-0.3, -0.25) is 20.4 Å². The molecule has 0 unspecified atom stereocenters. The number of benzene rings is 2. The number of rotatable bonds is 7. The molecule has 0 radical (unpaired) electrons. The minimum absolute atomic E-state index is 0.224. The number of hydrogen-bond donors (Lipinski definition) is 2. The molecule has 0 fully saturated rings. The van der Waals surface area contributed by atoms with Gasteiger partial charge in [0, 0.05) is 11.3 Å². The molecule has 0 saturated carbocycles. The normalized spacial score (nSPS) is 10.2. The van der Waals surface area contributed by atoms with Crippen LogP contribution in [0.1, 0.15) is 27.0 Å². The van der Waals surface area contributed by atoms with E-state index in [2.05, 4.69) is 10.9 Å². The Labute approximate surface area is 163 Å². The molecule has 2 N–H and O–H groups in total. The second-order valence-electron chi connectivity index (χ2n) is 5.94. The molecular formula is C20H24N2O4S. The molecular weight excluding hydrogens is 364 g/mol. The van der Waals surface area contributed by atoms with E-state index < -0.39 is 0 Å². The van der Waals surface area contributed by atoms with Gasteiger partial charge in [-0.2, -0.15) is 0 Å². The van der Waals surface area contributed by atoms with Crippen LogP contribution < -0.4 is 20.3 Å². The van der Waals surface area contributed by atoms with Crippen molar-refractivity contribution in [2.75, 3.05) is 20.0 Å². The fourth-order valence-corrected chi connectivity index (χ4v) is 3.38. The van der Waals surface area contributed by atoms with Crippen LogP contribution in [0.4, 0.5) is 0 Å². The minimum atomic E-state index is -0.331. The number of amides is 2. The van der Waals surface area contributed by atoms with Crippen molar-refractivity contribution in [1.29, 1.82) is 0 Å². The molecule has 0 heterocycles. The van der Waals surface area contributed by atoms with Crippen molar-refractivity contribution in [1.82, 2.24) is 10.9 Å². The second kappa shape index (κ2) is 9.87. The summed E-state index contributed by atoms with van der Waals surface area (Å²) in [6.07, 6.45) is 0. The Morgan fingerprint density at radius 3 is 2.30 bits per heavy atom. The second-order valence-corrected chi connectivity index (χ2v) is 6.93. The van der Waals surface area contributed by atoms with E-state index in [4.69, 9.17) is 9.47 Å². The Kier molecular flexibility index (Phi) is 7.55. The Morgan fingerprint density at radius 2 is 1.63 bits per heavy atom. The van der Waals surface area contributed by atoms with E-state index >= 15 is 0 Å². The lowest BCUT2D eigenvalue weighted by Gasteiger charge is -2.13. The zero-order chi connectivity index (χ0) is 19.8. The highest BCUT2D eigenvalue weighted by Gasteiger charge is 2.11. The first-order valence-corrected chi connectivity index (χ1v) is 9.55. The van der Waals surface area contributed by atoms with Crippen molar-refractivity contribution in [2.24, 2.45) is 0 Å². The molecule has 6 nitrogen and oxygen atoms in total. The molecule has 2 aromatic rings. The van der Waals surface area contributed by atoms with E-state index in [1.54, 1.807) is 26.4 Å². The number of ether oxygens (including phenoxy) is 2. The number of carbonyl (C=O) groups is 2. The van der Waals surface area contributed by atoms with Crippen molar-refractivity contribution in [3.05, 3.63) is 58.7 Å². The molecule has 27 heavy (non-hydrogen) atoms. The molecule has 2 amide bonds. The summed E-state index contributed by atoms with van der Waals surface area (Å²) in [6.45, 7) is 3.83. The largest absolute Gasteiger partial charge is 0.493 e. The third-order valence-electron chi connectivity index (χ3n) is 4.04. The summed E-state index contributed by atoms with van der Waals surface area (Å²) in [5.74, 6) is 1.61. The summed E-state index contributed by atoms with van der Waals surface area (Å²) in [7, 11) is 3.19. The van der Waals surface area contributed by atoms with Crippen LogP contribution in [0.3, 0.4) is 0 Å². The number of nitrogens with one attached hydrogen (secondary N) is 2. The predicted molar refractivity (Wildman–Crippen MR) is 107 cm³/mol. The average molecular weight is 388 g/mol. The van der Waals surface area contributed by atoms with E-state index in [1.807, 2.05) is 38.1 Å². The molecule has 7 heteroatoms. The van der Waals surface area contributed by atoms with Crippen LogP contribution in [0.25, 0.3) is 0 Å². The van der Waals surface area contributed by atoms with Crippen LogP contribution in [0.2, 0.25) is 0 Å². The van der Waals surface area contributed by atoms with Gasteiger partial charge < -0.3 is 9.47 Å². The summed E-state index contributed by atoms with van der Waals surface area (Å²) in [5.41, 5.74) is 8.40. The molecule has 0 aliphatic carbocycles. The highest BCUT2D eigenvalue weighted by Crippen LogP contribution is 2.31. The van der Waals surface area contributed by atoms with Crippen LogP contribution in [0.15, 0.2) is 36.4 Å². The topological polar surface area (TPSA) is 76.7 Å². The molecule has 144 valence electrons. The zero-order valence-electron chi connectivity index (χ0n) is 15.9. The third kappa shape index (κ3) is 5.65. The fraction of sp³-hybridized carbons (Fsp3) is 0.300. The van der Waals surface area contributed by atoms with Gasteiger partial charge in [0.15, 0.2) is 11.5 Å². The van der Waals surface area contributed by atoms with Crippen molar-refractivity contribution < 1.29 is 19.1 Å². The van der Waals surface area contributed by atoms with Gasteiger partial charge in [-0.15, -0.1) is 11.8 Å². The lowest BCUT2D eigenvalue weighted by atomic mass is 10.1. The molecule has 0 aliphatic heterocycles. The van der Waals surface area contributed by atoms with E-state index in [0.717, 1.165) is 16.7 Å². The molecule has 0 aliphatic rings. The quantitative estimate of drug-likeness (QED) is 0.713. The monoisotopic (exact) mass is 388 g/mol. The van der Waals surface area contributed by atoms with Gasteiger partial charge in [-0.25, -0.2) is 0 Å². The van der Waals surface area contributed by atoms with Crippen LogP contribution in [0, 0.1) is 13.8 Å². The summed E-state index contributed by atoms with van der Waals surface area (Å²) < 4.78 is 10.6. The first kappa shape index (κ1) is 20.6. The maximum Gasteiger partial charge on any atom is 0.269 e. The summed E-state index contributed by atoms with van der Waals surface area (Å²) in [6, 6.07) is 11.0. The lowest BCUT2D eigenvalue weighted by Crippen LogP contribution is -2.42. The molecule has 0 bridgehead atoms. The number of aryl methyl sites for hydroxylation is 2. The lowest BCUT2D eigenvalue weighted by molar-refractivity contribution is -0.119. The average Bonchev–Trinajstić information content (AvgIpc) is 2.67. The molecule has 0 aromatic heterocycles. The highest BCUT2D eigenvalue weighted by atomic mass is 32.2. The smallest absolute Gasteiger partial charge is 0.269 e. The number of thioether (sulfide) groups is 1. The van der Waals surface area contributed by atoms with Gasteiger partial charge >= 0.3 is 0 Å². The van der Waals surface area contributed by atoms with Crippen LogP contribution in [-0.2, 0) is 10.5 Å². The summed E-state index contributed by atoms with van der Waals surface area (Å²) >= 11 is 1.45. The molecule has 2 rings (SSSR count). The van der Waals surface area contributed by atoms with Gasteiger partial charge in [-0.1, -0.05) is 18.2 Å². The molecule has 2 aromatic carbocycles. The molecule has 0 spiro atoms. The Bertz CT molecular complexity index is 824. The Balaban J connectivity index is 1.83. The number of carbonyl (C=O) groups excluding carboxylic acids is 2. The predicted octanol–water partition coefficient (Wildman–Crippen LogP) is 3.02. The van der Waals surface area contributed by atoms with Gasteiger partial charge in [0.05, 0.1) is 20.0 Å². The van der Waals surface area contributed by atoms with Crippen molar-refractivity contribution in [2.45, 2.75) is 19.6 Å². The van der Waals surface area contributed by atoms with Crippen LogP contribution >= 0.6 is 11.8 Å². The minimum Gasteiger partial charge on any atom is -0.493 e. The van der Waals surface area contributed by atoms with Gasteiger partial charge in [-0.05, 0) is 48.7 Å². The third-order valence-corrected chi connectivity index (χ3v) is 5.02. The first-order valence-electron chi connectivity index (χ1n) is 8.40. The number of methoxy groups -OCH3 is 2. The van der Waals surface area contributed by atoms with E-state index in [0.29, 0.717) is 22.8 Å². The van der Waals surface area contributed by atoms with Crippen LogP contribution in [0.5, 0.6) is 11.5 Å². The standard InChI is InChI=1S/C20H24N2O4S/c1-13-7-5-6-8-16(13)20(24)22-21-19(23)12-27-11-15-10-18(26-4)17(25-3)9-14(15)2/h5-10H,11-12H2,1-4H3,(H,21,23)(H,22,24). The van der Waals surface area contributed by atoms with Gasteiger partial charge in [0.2, 0.25) is 5.91 Å². The zero-order valence-corrected chi connectivity index (χ0v) is 16.7. The van der Waals surface area contributed by atoms with Crippen molar-refractivity contribution >= 4 is 23.6 Å². The maximum absolute atomic E-state index is 12.1. The highest BCUT2D eigenvalue weighted by molar-refractivity contribution is 7.99. The van der Waals surface area contributed by atoms with Crippen LogP contribution in [-0.4, -0.2) is 31.8 Å². The fourth-order valence-electron chi connectivity index (χ4n) is 2.49. The molecule has 0 atom stereocenters. The van der Waals surface area contributed by atoms with Crippen molar-refractivity contribution in [3.63, 3.8) is 0 Å². The SMILES string of the molecule is COc1cc(C)c(CSCC(=O)NNC(=O)c2ccccc2C)cc1OC. The first-order chi connectivity index (χ1) is 13.0. The van der Waals surface area contributed by atoms with E-state index in [1.165, 1.54) is 11.8 Å². The molecule has 0 saturated heterocycles. The van der Waals surface area contributed by atoms with Crippen molar-refractivity contribution in [3.8, 4) is 11.5 Å². The Morgan fingerprint density at radius 1 is 0.963 bits per heavy atom. The summed E-state index contributed by atoms with van der Waals surface area (Å²) in [5, 5.41) is 0. The van der Waals surface area contributed by atoms with Gasteiger partial charge in [0.25, 0.3) is 5.91 Å². The number of hydrogen-bond acceptors (Lipinski definition) is 5. The Hall–Kier alpha value is -2.67. The number of hydrazine groups is 1.